The van der Waals surface area contributed by atoms with E-state index in [9.17, 15) is 8.42 Å². The van der Waals surface area contributed by atoms with Crippen LogP contribution in [0.4, 0.5) is 0 Å². The van der Waals surface area contributed by atoms with E-state index in [1.807, 2.05) is 25.1 Å². The van der Waals surface area contributed by atoms with Gasteiger partial charge in [0.15, 0.2) is 0 Å². The summed E-state index contributed by atoms with van der Waals surface area (Å²) in [6.45, 7) is 2.22. The normalized spacial score (nSPS) is 13.7. The van der Waals surface area contributed by atoms with Crippen LogP contribution in [0.1, 0.15) is 11.1 Å². The average Bonchev–Trinajstić information content (AvgIpc) is 2.53. The van der Waals surface area contributed by atoms with Crippen molar-refractivity contribution in [1.82, 2.24) is 5.48 Å². The van der Waals surface area contributed by atoms with Crippen molar-refractivity contribution < 1.29 is 17.4 Å². The maximum atomic E-state index is 12.2. The van der Waals surface area contributed by atoms with Crippen LogP contribution in [0.2, 0.25) is 0 Å². The molecule has 5 nitrogen and oxygen atoms in total. The van der Waals surface area contributed by atoms with Gasteiger partial charge in [0.05, 0.1) is 10.6 Å². The molecule has 23 heavy (non-hydrogen) atoms. The Balaban J connectivity index is 1.80. The quantitative estimate of drug-likeness (QED) is 0.803. The second-order valence-electron chi connectivity index (χ2n) is 5.02. The summed E-state index contributed by atoms with van der Waals surface area (Å²) in [5.41, 5.74) is 4.78. The molecule has 2 aromatic carbocycles. The van der Waals surface area contributed by atoms with Crippen LogP contribution >= 0.6 is 15.9 Å². The first-order chi connectivity index (χ1) is 11.0. The smallest absolute Gasteiger partial charge is 0.317 e. The fraction of sp³-hybridized carbons (Fsp3) is 0.125. The van der Waals surface area contributed by atoms with Crippen molar-refractivity contribution in [2.75, 3.05) is 6.61 Å². The van der Waals surface area contributed by atoms with Gasteiger partial charge in [-0.25, -0.2) is 5.48 Å². The molecule has 0 radical (unpaired) electrons. The molecule has 1 aliphatic heterocycles. The third-order valence-corrected chi connectivity index (χ3v) is 4.97. The van der Waals surface area contributed by atoms with E-state index in [0.717, 1.165) is 15.6 Å². The van der Waals surface area contributed by atoms with Gasteiger partial charge in [-0.2, -0.15) is 8.42 Å². The first-order valence-corrected chi connectivity index (χ1v) is 9.05. The van der Waals surface area contributed by atoms with E-state index in [1.165, 1.54) is 12.1 Å². The van der Waals surface area contributed by atoms with E-state index >= 15 is 0 Å². The van der Waals surface area contributed by atoms with Crippen LogP contribution < -0.4 is 10.2 Å². The van der Waals surface area contributed by atoms with Crippen molar-refractivity contribution in [1.29, 1.82) is 0 Å². The van der Waals surface area contributed by atoms with Gasteiger partial charge < -0.3 is 4.74 Å². The Bertz CT molecular complexity index is 860. The van der Waals surface area contributed by atoms with Crippen LogP contribution in [0, 0.1) is 6.92 Å². The summed E-state index contributed by atoms with van der Waals surface area (Å²) in [5, 5.41) is 0. The highest BCUT2D eigenvalue weighted by molar-refractivity contribution is 9.10. The SMILES string of the molecule is Cc1ccc(S(=O)(=O)ONC2=CCOc3ccc(Br)cc32)cc1. The highest BCUT2D eigenvalue weighted by atomic mass is 79.9. The molecule has 0 unspecified atom stereocenters. The van der Waals surface area contributed by atoms with Crippen molar-refractivity contribution in [2.45, 2.75) is 11.8 Å². The van der Waals surface area contributed by atoms with Crippen LogP contribution in [0.5, 0.6) is 5.75 Å². The lowest BCUT2D eigenvalue weighted by Crippen LogP contribution is -2.22. The predicted octanol–water partition coefficient (Wildman–Crippen LogP) is 3.40. The second-order valence-corrected chi connectivity index (χ2v) is 7.48. The topological polar surface area (TPSA) is 64.6 Å². The Hall–Kier alpha value is -1.83. The summed E-state index contributed by atoms with van der Waals surface area (Å²) < 4.78 is 35.8. The van der Waals surface area contributed by atoms with E-state index in [2.05, 4.69) is 21.4 Å². The second kappa shape index (κ2) is 6.35. The fourth-order valence-corrected chi connectivity index (χ4v) is 3.24. The first kappa shape index (κ1) is 16.0. The lowest BCUT2D eigenvalue weighted by Gasteiger charge is -2.19. The number of hydroxylamine groups is 1. The van der Waals surface area contributed by atoms with Gasteiger partial charge in [0.25, 0.3) is 0 Å². The van der Waals surface area contributed by atoms with Crippen molar-refractivity contribution in [3.63, 3.8) is 0 Å². The van der Waals surface area contributed by atoms with Gasteiger partial charge in [0.2, 0.25) is 0 Å². The number of hydrogen-bond acceptors (Lipinski definition) is 5. The first-order valence-electron chi connectivity index (χ1n) is 6.85. The summed E-state index contributed by atoms with van der Waals surface area (Å²) in [6, 6.07) is 11.9. The van der Waals surface area contributed by atoms with Crippen molar-refractivity contribution in [3.05, 3.63) is 64.1 Å². The zero-order chi connectivity index (χ0) is 16.4. The molecule has 0 bridgehead atoms. The molecule has 0 aliphatic carbocycles. The van der Waals surface area contributed by atoms with E-state index < -0.39 is 10.1 Å². The van der Waals surface area contributed by atoms with Crippen LogP contribution in [0.3, 0.4) is 0 Å². The number of ether oxygens (including phenoxy) is 1. The van der Waals surface area contributed by atoms with Gasteiger partial charge in [-0.15, -0.1) is 4.28 Å². The molecule has 0 fully saturated rings. The molecule has 3 rings (SSSR count). The number of aryl methyl sites for hydroxylation is 1. The number of benzene rings is 2. The summed E-state index contributed by atoms with van der Waals surface area (Å²) in [4.78, 5) is 0.0951. The van der Waals surface area contributed by atoms with Crippen LogP contribution in [0.25, 0.3) is 5.70 Å². The van der Waals surface area contributed by atoms with Gasteiger partial charge >= 0.3 is 10.1 Å². The van der Waals surface area contributed by atoms with Crippen molar-refractivity contribution in [3.8, 4) is 5.75 Å². The van der Waals surface area contributed by atoms with Gasteiger partial charge in [0, 0.05) is 10.0 Å². The molecular formula is C16H14BrNO4S. The average molecular weight is 396 g/mol. The molecular weight excluding hydrogens is 382 g/mol. The highest BCUT2D eigenvalue weighted by Crippen LogP contribution is 2.31. The van der Waals surface area contributed by atoms with Crippen molar-refractivity contribution >= 4 is 31.7 Å². The Labute approximate surface area is 143 Å². The molecule has 1 N–H and O–H groups in total. The monoisotopic (exact) mass is 395 g/mol. The summed E-state index contributed by atoms with van der Waals surface area (Å²) >= 11 is 3.38. The third-order valence-electron chi connectivity index (χ3n) is 3.33. The molecule has 0 atom stereocenters. The number of halogens is 1. The molecule has 120 valence electrons. The van der Waals surface area contributed by atoms with Crippen LogP contribution in [-0.4, -0.2) is 15.0 Å². The molecule has 1 aliphatic rings. The summed E-state index contributed by atoms with van der Waals surface area (Å²) in [5.74, 6) is 0.662. The zero-order valence-electron chi connectivity index (χ0n) is 12.2. The predicted molar refractivity (Wildman–Crippen MR) is 90.2 cm³/mol. The minimum Gasteiger partial charge on any atom is -0.489 e. The van der Waals surface area contributed by atoms with Crippen LogP contribution in [0.15, 0.2) is 57.9 Å². The summed E-state index contributed by atoms with van der Waals surface area (Å²) in [6.07, 6.45) is 1.72. The zero-order valence-corrected chi connectivity index (χ0v) is 14.6. The van der Waals surface area contributed by atoms with E-state index in [4.69, 9.17) is 9.02 Å². The highest BCUT2D eigenvalue weighted by Gasteiger charge is 2.19. The molecule has 0 spiro atoms. The fourth-order valence-electron chi connectivity index (χ4n) is 2.11. The molecule has 0 aromatic heterocycles. The molecule has 0 saturated carbocycles. The van der Waals surface area contributed by atoms with Crippen molar-refractivity contribution in [2.24, 2.45) is 0 Å². The molecule has 0 amide bonds. The van der Waals surface area contributed by atoms with E-state index in [0.29, 0.717) is 18.1 Å². The molecule has 0 saturated heterocycles. The van der Waals surface area contributed by atoms with Gasteiger partial charge in [0.1, 0.15) is 12.4 Å². The van der Waals surface area contributed by atoms with E-state index in [-0.39, 0.29) is 4.90 Å². The van der Waals surface area contributed by atoms with Gasteiger partial charge in [-0.3, -0.25) is 0 Å². The third kappa shape index (κ3) is 3.57. The minimum absolute atomic E-state index is 0.0951. The minimum atomic E-state index is -3.89. The van der Waals surface area contributed by atoms with E-state index in [1.54, 1.807) is 18.2 Å². The van der Waals surface area contributed by atoms with Gasteiger partial charge in [-0.1, -0.05) is 33.6 Å². The number of nitrogens with one attached hydrogen (secondary N) is 1. The van der Waals surface area contributed by atoms with Gasteiger partial charge in [-0.05, 0) is 43.3 Å². The number of rotatable bonds is 4. The largest absolute Gasteiger partial charge is 0.489 e. The molecule has 2 aromatic rings. The standard InChI is InChI=1S/C16H14BrNO4S/c1-11-2-5-13(6-3-11)23(19,20)22-18-15-8-9-21-16-7-4-12(17)10-14(15)16/h2-8,10,18H,9H2,1H3. The maximum absolute atomic E-state index is 12.2. The maximum Gasteiger partial charge on any atom is 0.317 e. The lowest BCUT2D eigenvalue weighted by molar-refractivity contribution is 0.254. The summed E-state index contributed by atoms with van der Waals surface area (Å²) in [7, 11) is -3.89. The number of fused-ring (bicyclic) bond motifs is 1. The number of hydrogen-bond donors (Lipinski definition) is 1. The Morgan fingerprint density at radius 2 is 1.91 bits per heavy atom. The molecule has 1 heterocycles. The Kier molecular flexibility index (Phi) is 4.43. The molecule has 7 heteroatoms. The Morgan fingerprint density at radius 3 is 2.65 bits per heavy atom. The van der Waals surface area contributed by atoms with Crippen LogP contribution in [-0.2, 0) is 14.4 Å². The Morgan fingerprint density at radius 1 is 1.17 bits per heavy atom. The lowest BCUT2D eigenvalue weighted by atomic mass is 10.1.